The van der Waals surface area contributed by atoms with Crippen LogP contribution in [-0.2, 0) is 23.9 Å². The molecule has 0 aliphatic heterocycles. The molecule has 6 heteroatoms. The highest BCUT2D eigenvalue weighted by atomic mass is 16.5. The fourth-order valence-electron chi connectivity index (χ4n) is 1.35. The third kappa shape index (κ3) is 6.72. The van der Waals surface area contributed by atoms with Crippen LogP contribution >= 0.6 is 0 Å². The molecule has 0 aromatic rings. The SMILES string of the molecule is C=COC(C)=O.CCCCOC(=O)C1=C(C(=O)O)CC1. The van der Waals surface area contributed by atoms with Crippen LogP contribution in [0.5, 0.6) is 0 Å². The van der Waals surface area contributed by atoms with Gasteiger partial charge in [0.05, 0.1) is 12.9 Å². The molecule has 0 aromatic carbocycles. The molecule has 0 saturated heterocycles. The van der Waals surface area contributed by atoms with Gasteiger partial charge in [-0.2, -0.15) is 0 Å². The van der Waals surface area contributed by atoms with E-state index in [1.165, 1.54) is 6.92 Å². The molecule has 1 N–H and O–H groups in total. The van der Waals surface area contributed by atoms with Crippen molar-refractivity contribution in [1.82, 2.24) is 0 Å². The average Bonchev–Trinajstić information content (AvgIpc) is 2.27. The standard InChI is InChI=1S/C10H14O4.C4H6O2/c1-2-3-6-14-10(13)8-5-4-7(8)9(11)12;1-3-6-4(2)5/h2-6H2,1H3,(H,11,12);3H,1H2,2H3. The van der Waals surface area contributed by atoms with E-state index in [4.69, 9.17) is 9.84 Å². The molecule has 1 rings (SSSR count). The molecule has 0 spiro atoms. The van der Waals surface area contributed by atoms with Crippen molar-refractivity contribution in [2.45, 2.75) is 39.5 Å². The summed E-state index contributed by atoms with van der Waals surface area (Å²) in [5.74, 6) is -1.79. The van der Waals surface area contributed by atoms with Crippen molar-refractivity contribution in [3.63, 3.8) is 0 Å². The van der Waals surface area contributed by atoms with Crippen LogP contribution in [0.1, 0.15) is 39.5 Å². The van der Waals surface area contributed by atoms with Gasteiger partial charge in [0.2, 0.25) is 0 Å². The molecule has 20 heavy (non-hydrogen) atoms. The van der Waals surface area contributed by atoms with Crippen LogP contribution < -0.4 is 0 Å². The summed E-state index contributed by atoms with van der Waals surface area (Å²) >= 11 is 0. The van der Waals surface area contributed by atoms with E-state index >= 15 is 0 Å². The van der Waals surface area contributed by atoms with E-state index in [-0.39, 0.29) is 11.5 Å². The zero-order valence-electron chi connectivity index (χ0n) is 11.8. The first-order chi connectivity index (χ1) is 9.43. The molecule has 1 aliphatic carbocycles. The number of rotatable bonds is 6. The Hall–Kier alpha value is -2.11. The van der Waals surface area contributed by atoms with Crippen LogP contribution in [0.3, 0.4) is 0 Å². The Labute approximate surface area is 118 Å². The number of ether oxygens (including phenoxy) is 2. The van der Waals surface area contributed by atoms with E-state index in [0.29, 0.717) is 25.0 Å². The lowest BCUT2D eigenvalue weighted by Gasteiger charge is -2.18. The van der Waals surface area contributed by atoms with Gasteiger partial charge >= 0.3 is 17.9 Å². The van der Waals surface area contributed by atoms with Gasteiger partial charge in [-0.25, -0.2) is 9.59 Å². The van der Waals surface area contributed by atoms with Gasteiger partial charge in [0, 0.05) is 18.1 Å². The van der Waals surface area contributed by atoms with E-state index < -0.39 is 11.9 Å². The third-order valence-electron chi connectivity index (χ3n) is 2.47. The summed E-state index contributed by atoms with van der Waals surface area (Å²) in [4.78, 5) is 31.6. The number of carbonyl (C=O) groups is 3. The number of carboxylic acid groups (broad SMARTS) is 1. The van der Waals surface area contributed by atoms with Crippen LogP contribution in [0.2, 0.25) is 0 Å². The monoisotopic (exact) mass is 284 g/mol. The van der Waals surface area contributed by atoms with Crippen LogP contribution in [-0.4, -0.2) is 29.6 Å². The molecule has 0 unspecified atom stereocenters. The molecular formula is C14H20O6. The number of carbonyl (C=O) groups excluding carboxylic acids is 2. The average molecular weight is 284 g/mol. The smallest absolute Gasteiger partial charge is 0.334 e. The number of carboxylic acids is 1. The number of hydrogen-bond donors (Lipinski definition) is 1. The van der Waals surface area contributed by atoms with Crippen LogP contribution in [0, 0.1) is 0 Å². The first-order valence-corrected chi connectivity index (χ1v) is 6.34. The number of aliphatic carboxylic acids is 1. The lowest BCUT2D eigenvalue weighted by Crippen LogP contribution is -2.21. The molecule has 6 nitrogen and oxygen atoms in total. The van der Waals surface area contributed by atoms with Gasteiger partial charge < -0.3 is 14.6 Å². The maximum atomic E-state index is 11.3. The second kappa shape index (κ2) is 9.77. The molecule has 112 valence electrons. The molecule has 0 heterocycles. The molecule has 0 atom stereocenters. The van der Waals surface area contributed by atoms with Crippen molar-refractivity contribution < 1.29 is 29.0 Å². The van der Waals surface area contributed by atoms with Crippen molar-refractivity contribution in [2.24, 2.45) is 0 Å². The fraction of sp³-hybridized carbons (Fsp3) is 0.500. The van der Waals surface area contributed by atoms with Gasteiger partial charge in [-0.1, -0.05) is 19.9 Å². The summed E-state index contributed by atoms with van der Waals surface area (Å²) in [5.41, 5.74) is 0.556. The quantitative estimate of drug-likeness (QED) is 0.457. The Morgan fingerprint density at radius 1 is 1.30 bits per heavy atom. The summed E-state index contributed by atoms with van der Waals surface area (Å²) in [5, 5.41) is 8.66. The van der Waals surface area contributed by atoms with Crippen LogP contribution in [0.15, 0.2) is 24.0 Å². The normalized spacial score (nSPS) is 12.5. The van der Waals surface area contributed by atoms with E-state index in [9.17, 15) is 14.4 Å². The maximum absolute atomic E-state index is 11.3. The predicted octanol–water partition coefficient (Wildman–Crippen LogP) is 2.20. The highest BCUT2D eigenvalue weighted by Crippen LogP contribution is 2.28. The van der Waals surface area contributed by atoms with E-state index in [1.54, 1.807) is 0 Å². The minimum atomic E-state index is -1.00. The Morgan fingerprint density at radius 3 is 2.20 bits per heavy atom. The Balaban J connectivity index is 0.000000511. The van der Waals surface area contributed by atoms with Crippen molar-refractivity contribution in [3.05, 3.63) is 24.0 Å². The Bertz CT molecular complexity index is 408. The molecule has 0 bridgehead atoms. The topological polar surface area (TPSA) is 89.9 Å². The minimum absolute atomic E-state index is 0.214. The first kappa shape index (κ1) is 17.9. The second-order valence-electron chi connectivity index (χ2n) is 4.03. The molecule has 0 radical (unpaired) electrons. The van der Waals surface area contributed by atoms with E-state index in [0.717, 1.165) is 19.1 Å². The molecule has 0 aromatic heterocycles. The van der Waals surface area contributed by atoms with Crippen molar-refractivity contribution in [2.75, 3.05) is 6.61 Å². The van der Waals surface area contributed by atoms with Gasteiger partial charge in [-0.3, -0.25) is 4.79 Å². The lowest BCUT2D eigenvalue weighted by atomic mass is 9.88. The first-order valence-electron chi connectivity index (χ1n) is 6.34. The summed E-state index contributed by atoms with van der Waals surface area (Å²) in [6, 6.07) is 0. The summed E-state index contributed by atoms with van der Waals surface area (Å²) in [6.45, 7) is 6.86. The van der Waals surface area contributed by atoms with E-state index in [2.05, 4.69) is 11.3 Å². The lowest BCUT2D eigenvalue weighted by molar-refractivity contribution is -0.141. The van der Waals surface area contributed by atoms with Crippen LogP contribution in [0.25, 0.3) is 0 Å². The maximum Gasteiger partial charge on any atom is 0.334 e. The number of hydrogen-bond acceptors (Lipinski definition) is 5. The van der Waals surface area contributed by atoms with Gasteiger partial charge in [-0.05, 0) is 19.3 Å². The number of esters is 2. The fourth-order valence-corrected chi connectivity index (χ4v) is 1.35. The molecule has 0 saturated carbocycles. The highest BCUT2D eigenvalue weighted by Gasteiger charge is 2.29. The molecule has 1 aliphatic rings. The van der Waals surface area contributed by atoms with Gasteiger partial charge in [0.25, 0.3) is 0 Å². The highest BCUT2D eigenvalue weighted by molar-refractivity contribution is 6.02. The largest absolute Gasteiger partial charge is 0.478 e. The zero-order valence-corrected chi connectivity index (χ0v) is 11.8. The summed E-state index contributed by atoms with van der Waals surface area (Å²) in [6.07, 6.45) is 3.89. The zero-order chi connectivity index (χ0) is 15.5. The number of unbranched alkanes of at least 4 members (excludes halogenated alkanes) is 1. The van der Waals surface area contributed by atoms with Crippen LogP contribution in [0.4, 0.5) is 0 Å². The Kier molecular flexibility index (Phi) is 8.74. The van der Waals surface area contributed by atoms with Gasteiger partial charge in [0.1, 0.15) is 0 Å². The van der Waals surface area contributed by atoms with Crippen molar-refractivity contribution >= 4 is 17.9 Å². The van der Waals surface area contributed by atoms with Crippen molar-refractivity contribution in [1.29, 1.82) is 0 Å². The molecule has 0 fully saturated rings. The van der Waals surface area contributed by atoms with E-state index in [1.807, 2.05) is 6.92 Å². The predicted molar refractivity (Wildman–Crippen MR) is 71.7 cm³/mol. The summed E-state index contributed by atoms with van der Waals surface area (Å²) < 4.78 is 9.07. The molecular weight excluding hydrogens is 264 g/mol. The minimum Gasteiger partial charge on any atom is -0.478 e. The summed E-state index contributed by atoms with van der Waals surface area (Å²) in [7, 11) is 0. The Morgan fingerprint density at radius 2 is 1.90 bits per heavy atom. The van der Waals surface area contributed by atoms with Gasteiger partial charge in [0.15, 0.2) is 0 Å². The second-order valence-corrected chi connectivity index (χ2v) is 4.03. The van der Waals surface area contributed by atoms with Crippen molar-refractivity contribution in [3.8, 4) is 0 Å². The van der Waals surface area contributed by atoms with Gasteiger partial charge in [-0.15, -0.1) is 0 Å². The third-order valence-corrected chi connectivity index (χ3v) is 2.47. The molecule has 0 amide bonds.